The Morgan fingerprint density at radius 3 is 2.36 bits per heavy atom. The van der Waals surface area contributed by atoms with Crippen LogP contribution in [-0.4, -0.2) is 17.5 Å². The fraction of sp³-hybridized carbons (Fsp3) is 0.684. The summed E-state index contributed by atoms with van der Waals surface area (Å²) in [5.74, 6) is 0. The molecule has 124 valence electrons. The zero-order chi connectivity index (χ0) is 16.3. The van der Waals surface area contributed by atoms with Crippen molar-refractivity contribution < 1.29 is 0 Å². The molecule has 0 atom stereocenters. The van der Waals surface area contributed by atoms with E-state index in [-0.39, 0.29) is 5.41 Å². The van der Waals surface area contributed by atoms with Crippen LogP contribution in [0.4, 0.5) is 5.69 Å². The summed E-state index contributed by atoms with van der Waals surface area (Å²) in [6.07, 6.45) is 6.85. The molecule has 0 aromatic heterocycles. The highest BCUT2D eigenvalue weighted by molar-refractivity contribution is 9.10. The van der Waals surface area contributed by atoms with Gasteiger partial charge >= 0.3 is 0 Å². The lowest BCUT2D eigenvalue weighted by Crippen LogP contribution is -2.36. The third-order valence-corrected chi connectivity index (χ3v) is 5.56. The molecule has 0 heterocycles. The Hall–Kier alpha value is -0.540. The van der Waals surface area contributed by atoms with Gasteiger partial charge in [0.15, 0.2) is 0 Å². The van der Waals surface area contributed by atoms with Crippen LogP contribution in [0.25, 0.3) is 0 Å². The second kappa shape index (κ2) is 7.35. The van der Waals surface area contributed by atoms with Gasteiger partial charge in [0, 0.05) is 22.7 Å². The first kappa shape index (κ1) is 17.8. The van der Waals surface area contributed by atoms with E-state index in [2.05, 4.69) is 60.7 Å². The highest BCUT2D eigenvalue weighted by Crippen LogP contribution is 2.34. The lowest BCUT2D eigenvalue weighted by atomic mass is 9.86. The molecule has 0 unspecified atom stereocenters. The van der Waals surface area contributed by atoms with Gasteiger partial charge in [-0.2, -0.15) is 0 Å². The third-order valence-electron chi connectivity index (χ3n) is 4.91. The van der Waals surface area contributed by atoms with Crippen LogP contribution in [0.15, 0.2) is 16.6 Å². The molecule has 0 spiro atoms. The van der Waals surface area contributed by atoms with E-state index in [1.54, 1.807) is 0 Å². The number of nitrogen functional groups attached to an aromatic ring is 1. The van der Waals surface area contributed by atoms with Crippen molar-refractivity contribution in [3.05, 3.63) is 27.7 Å². The first-order chi connectivity index (χ1) is 10.3. The zero-order valence-corrected chi connectivity index (χ0v) is 16.2. The van der Waals surface area contributed by atoms with Crippen molar-refractivity contribution in [3.8, 4) is 0 Å². The summed E-state index contributed by atoms with van der Waals surface area (Å²) in [5.41, 5.74) is 9.96. The molecular formula is C19H31BrN2. The molecule has 0 bridgehead atoms. The lowest BCUT2D eigenvalue weighted by molar-refractivity contribution is 0.156. The monoisotopic (exact) mass is 366 g/mol. The van der Waals surface area contributed by atoms with Crippen LogP contribution in [0, 0.1) is 0 Å². The maximum atomic E-state index is 6.37. The van der Waals surface area contributed by atoms with Gasteiger partial charge in [0.25, 0.3) is 0 Å². The van der Waals surface area contributed by atoms with Crippen molar-refractivity contribution >= 4 is 21.6 Å². The third kappa shape index (κ3) is 4.26. The van der Waals surface area contributed by atoms with Crippen molar-refractivity contribution in [2.45, 2.75) is 77.8 Å². The van der Waals surface area contributed by atoms with Gasteiger partial charge in [0.2, 0.25) is 0 Å². The van der Waals surface area contributed by atoms with Gasteiger partial charge in [0.05, 0.1) is 0 Å². The smallest absolute Gasteiger partial charge is 0.0363 e. The van der Waals surface area contributed by atoms with Crippen molar-refractivity contribution in [1.82, 2.24) is 4.90 Å². The molecule has 1 fully saturated rings. The van der Waals surface area contributed by atoms with Crippen LogP contribution in [0.3, 0.4) is 0 Å². The molecule has 0 aliphatic heterocycles. The summed E-state index contributed by atoms with van der Waals surface area (Å²) >= 11 is 3.75. The fourth-order valence-electron chi connectivity index (χ4n) is 3.51. The molecule has 0 amide bonds. The lowest BCUT2D eigenvalue weighted by Gasteiger charge is -2.34. The average Bonchev–Trinajstić information content (AvgIpc) is 2.47. The molecule has 22 heavy (non-hydrogen) atoms. The topological polar surface area (TPSA) is 29.3 Å². The summed E-state index contributed by atoms with van der Waals surface area (Å²) in [4.78, 5) is 2.61. The Bertz CT molecular complexity index is 499. The Balaban J connectivity index is 2.19. The zero-order valence-electron chi connectivity index (χ0n) is 14.6. The molecule has 0 radical (unpaired) electrons. The average molecular weight is 367 g/mol. The number of halogens is 1. The summed E-state index contributed by atoms with van der Waals surface area (Å²) in [6, 6.07) is 5.13. The highest BCUT2D eigenvalue weighted by atomic mass is 79.9. The molecule has 1 saturated carbocycles. The summed E-state index contributed by atoms with van der Waals surface area (Å²) in [6.45, 7) is 11.0. The van der Waals surface area contributed by atoms with Crippen LogP contribution in [0.5, 0.6) is 0 Å². The SMILES string of the molecule is CCN(Cc1cc(Br)c(C(C)(C)C)cc1N)C1CCCCC1. The molecule has 1 aliphatic rings. The minimum absolute atomic E-state index is 0.110. The summed E-state index contributed by atoms with van der Waals surface area (Å²) in [5, 5.41) is 0. The summed E-state index contributed by atoms with van der Waals surface area (Å²) < 4.78 is 1.18. The van der Waals surface area contributed by atoms with Gasteiger partial charge in [-0.15, -0.1) is 0 Å². The first-order valence-corrected chi connectivity index (χ1v) is 9.44. The minimum atomic E-state index is 0.110. The molecule has 1 aromatic carbocycles. The second-order valence-electron chi connectivity index (χ2n) is 7.64. The predicted molar refractivity (Wildman–Crippen MR) is 100 cm³/mol. The number of anilines is 1. The number of nitrogens with two attached hydrogens (primary N) is 1. The van der Waals surface area contributed by atoms with Gasteiger partial charge in [-0.1, -0.05) is 62.9 Å². The highest BCUT2D eigenvalue weighted by Gasteiger charge is 2.22. The fourth-order valence-corrected chi connectivity index (χ4v) is 4.49. The molecule has 2 nitrogen and oxygen atoms in total. The molecule has 1 aromatic rings. The van der Waals surface area contributed by atoms with Crippen molar-refractivity contribution in [2.24, 2.45) is 0 Å². The Kier molecular flexibility index (Phi) is 5.95. The Labute approximate surface area is 144 Å². The van der Waals surface area contributed by atoms with Crippen LogP contribution >= 0.6 is 15.9 Å². The second-order valence-corrected chi connectivity index (χ2v) is 8.49. The van der Waals surface area contributed by atoms with E-state index in [0.717, 1.165) is 24.8 Å². The van der Waals surface area contributed by atoms with Gasteiger partial charge in [-0.25, -0.2) is 0 Å². The number of hydrogen-bond acceptors (Lipinski definition) is 2. The molecule has 2 N–H and O–H groups in total. The van der Waals surface area contributed by atoms with E-state index in [9.17, 15) is 0 Å². The van der Waals surface area contributed by atoms with Crippen molar-refractivity contribution in [2.75, 3.05) is 12.3 Å². The van der Waals surface area contributed by atoms with E-state index in [1.807, 2.05) is 0 Å². The molecular weight excluding hydrogens is 336 g/mol. The predicted octanol–water partition coefficient (Wildman–Crippen LogP) is 5.48. The quantitative estimate of drug-likeness (QED) is 0.714. The number of benzene rings is 1. The van der Waals surface area contributed by atoms with Crippen molar-refractivity contribution in [3.63, 3.8) is 0 Å². The number of nitrogens with zero attached hydrogens (tertiary/aromatic N) is 1. The molecule has 1 aliphatic carbocycles. The normalized spacial score (nSPS) is 17.2. The molecule has 3 heteroatoms. The van der Waals surface area contributed by atoms with E-state index >= 15 is 0 Å². The molecule has 0 saturated heterocycles. The minimum Gasteiger partial charge on any atom is -0.398 e. The maximum Gasteiger partial charge on any atom is 0.0363 e. The van der Waals surface area contributed by atoms with E-state index < -0.39 is 0 Å². The number of rotatable bonds is 4. The van der Waals surface area contributed by atoms with Crippen LogP contribution in [0.1, 0.15) is 70.9 Å². The Morgan fingerprint density at radius 2 is 1.82 bits per heavy atom. The number of hydrogen-bond donors (Lipinski definition) is 1. The van der Waals surface area contributed by atoms with Crippen LogP contribution in [0.2, 0.25) is 0 Å². The first-order valence-electron chi connectivity index (χ1n) is 8.65. The van der Waals surface area contributed by atoms with Gasteiger partial charge in [-0.05, 0) is 48.1 Å². The van der Waals surface area contributed by atoms with Crippen LogP contribution in [-0.2, 0) is 12.0 Å². The standard InChI is InChI=1S/C19H31BrN2/c1-5-22(15-9-7-6-8-10-15)13-14-11-17(20)16(12-18(14)21)19(2,3)4/h11-12,15H,5-10,13,21H2,1-4H3. The summed E-state index contributed by atoms with van der Waals surface area (Å²) in [7, 11) is 0. The Morgan fingerprint density at radius 1 is 1.18 bits per heavy atom. The largest absolute Gasteiger partial charge is 0.398 e. The maximum absolute atomic E-state index is 6.37. The van der Waals surface area contributed by atoms with Gasteiger partial charge < -0.3 is 5.73 Å². The van der Waals surface area contributed by atoms with E-state index in [1.165, 1.54) is 47.7 Å². The van der Waals surface area contributed by atoms with Gasteiger partial charge in [0.1, 0.15) is 0 Å². The van der Waals surface area contributed by atoms with Crippen molar-refractivity contribution in [1.29, 1.82) is 0 Å². The van der Waals surface area contributed by atoms with E-state index in [0.29, 0.717) is 0 Å². The van der Waals surface area contributed by atoms with Gasteiger partial charge in [-0.3, -0.25) is 4.90 Å². The van der Waals surface area contributed by atoms with E-state index in [4.69, 9.17) is 5.73 Å². The molecule has 2 rings (SSSR count). The van der Waals surface area contributed by atoms with Crippen LogP contribution < -0.4 is 5.73 Å².